The molecule has 0 unspecified atom stereocenters. The number of hydrogen-bond acceptors (Lipinski definition) is 2. The first-order valence-corrected chi connectivity index (χ1v) is 7.10. The van der Waals surface area contributed by atoms with Gasteiger partial charge in [0.15, 0.2) is 0 Å². The van der Waals surface area contributed by atoms with Crippen LogP contribution >= 0.6 is 15.9 Å². The van der Waals surface area contributed by atoms with E-state index in [1.807, 2.05) is 24.3 Å². The zero-order valence-electron chi connectivity index (χ0n) is 10.5. The quantitative estimate of drug-likeness (QED) is 0.927. The van der Waals surface area contributed by atoms with Crippen LogP contribution in [0.4, 0.5) is 0 Å². The molecule has 19 heavy (non-hydrogen) atoms. The SMILES string of the molecule is O=C(O)[C@H]1CCCN(C(=O)Cc2ccc(Br)cc2)C1. The fraction of sp³-hybridized carbons (Fsp3) is 0.429. The summed E-state index contributed by atoms with van der Waals surface area (Å²) in [6.07, 6.45) is 1.76. The zero-order valence-corrected chi connectivity index (χ0v) is 12.1. The molecule has 0 saturated carbocycles. The van der Waals surface area contributed by atoms with Gasteiger partial charge in [0, 0.05) is 17.6 Å². The van der Waals surface area contributed by atoms with E-state index in [1.165, 1.54) is 0 Å². The van der Waals surface area contributed by atoms with E-state index < -0.39 is 11.9 Å². The molecule has 0 bridgehead atoms. The lowest BCUT2D eigenvalue weighted by molar-refractivity contribution is -0.145. The molecular formula is C14H16BrNO3. The summed E-state index contributed by atoms with van der Waals surface area (Å²) < 4.78 is 0.979. The van der Waals surface area contributed by atoms with Crippen LogP contribution in [0.25, 0.3) is 0 Å². The number of carboxylic acids is 1. The van der Waals surface area contributed by atoms with Crippen LogP contribution in [0.2, 0.25) is 0 Å². The third-order valence-corrected chi connectivity index (χ3v) is 3.92. The number of hydrogen-bond donors (Lipinski definition) is 1. The van der Waals surface area contributed by atoms with Crippen LogP contribution in [0, 0.1) is 5.92 Å². The van der Waals surface area contributed by atoms with E-state index in [1.54, 1.807) is 4.90 Å². The third-order valence-electron chi connectivity index (χ3n) is 3.39. The number of piperidine rings is 1. The monoisotopic (exact) mass is 325 g/mol. The number of carbonyl (C=O) groups is 2. The van der Waals surface area contributed by atoms with Gasteiger partial charge in [-0.25, -0.2) is 0 Å². The maximum absolute atomic E-state index is 12.1. The number of likely N-dealkylation sites (tertiary alicyclic amines) is 1. The van der Waals surface area contributed by atoms with E-state index in [0.29, 0.717) is 25.9 Å². The fourth-order valence-electron chi connectivity index (χ4n) is 2.29. The van der Waals surface area contributed by atoms with E-state index >= 15 is 0 Å². The second kappa shape index (κ2) is 6.19. The number of benzene rings is 1. The fourth-order valence-corrected chi connectivity index (χ4v) is 2.56. The van der Waals surface area contributed by atoms with Crippen molar-refractivity contribution in [2.75, 3.05) is 13.1 Å². The molecule has 1 aromatic carbocycles. The normalized spacial score (nSPS) is 19.2. The Kier molecular flexibility index (Phi) is 4.58. The highest BCUT2D eigenvalue weighted by Gasteiger charge is 2.27. The molecule has 0 aromatic heterocycles. The summed E-state index contributed by atoms with van der Waals surface area (Å²) in [5.41, 5.74) is 0.950. The summed E-state index contributed by atoms with van der Waals surface area (Å²) in [4.78, 5) is 24.8. The first-order valence-electron chi connectivity index (χ1n) is 6.31. The van der Waals surface area contributed by atoms with Gasteiger partial charge in [-0.2, -0.15) is 0 Å². The van der Waals surface area contributed by atoms with Gasteiger partial charge in [-0.15, -0.1) is 0 Å². The maximum atomic E-state index is 12.1. The second-order valence-electron chi connectivity index (χ2n) is 4.82. The highest BCUT2D eigenvalue weighted by Crippen LogP contribution is 2.18. The minimum atomic E-state index is -0.804. The van der Waals surface area contributed by atoms with Crippen molar-refractivity contribution in [2.24, 2.45) is 5.92 Å². The third kappa shape index (κ3) is 3.80. The predicted octanol–water partition coefficient (Wildman–Crippen LogP) is 2.31. The number of carbonyl (C=O) groups excluding carboxylic acids is 1. The van der Waals surface area contributed by atoms with Crippen LogP contribution in [0.15, 0.2) is 28.7 Å². The summed E-state index contributed by atoms with van der Waals surface area (Å²) in [6.45, 7) is 1.00. The highest BCUT2D eigenvalue weighted by molar-refractivity contribution is 9.10. The molecule has 1 heterocycles. The number of amides is 1. The molecule has 1 aromatic rings. The van der Waals surface area contributed by atoms with E-state index in [4.69, 9.17) is 5.11 Å². The maximum Gasteiger partial charge on any atom is 0.308 e. The van der Waals surface area contributed by atoms with Crippen LogP contribution in [-0.4, -0.2) is 35.0 Å². The van der Waals surface area contributed by atoms with Crippen molar-refractivity contribution in [3.8, 4) is 0 Å². The van der Waals surface area contributed by atoms with Gasteiger partial charge in [-0.1, -0.05) is 28.1 Å². The second-order valence-corrected chi connectivity index (χ2v) is 5.74. The van der Waals surface area contributed by atoms with Crippen LogP contribution in [0.3, 0.4) is 0 Å². The Morgan fingerprint density at radius 2 is 2.00 bits per heavy atom. The number of halogens is 1. The number of aliphatic carboxylic acids is 1. The van der Waals surface area contributed by atoms with Crippen molar-refractivity contribution in [1.82, 2.24) is 4.90 Å². The molecule has 5 heteroatoms. The molecule has 0 spiro atoms. The Bertz CT molecular complexity index is 472. The molecule has 0 aliphatic carbocycles. The standard InChI is InChI=1S/C14H16BrNO3/c15-12-5-3-10(4-6-12)8-13(17)16-7-1-2-11(9-16)14(18)19/h3-6,11H,1-2,7-9H2,(H,18,19)/t11-/m0/s1. The lowest BCUT2D eigenvalue weighted by Crippen LogP contribution is -2.42. The molecule has 1 amide bonds. The van der Waals surface area contributed by atoms with Crippen molar-refractivity contribution in [2.45, 2.75) is 19.3 Å². The van der Waals surface area contributed by atoms with E-state index in [0.717, 1.165) is 16.5 Å². The minimum absolute atomic E-state index is 0.00766. The smallest absolute Gasteiger partial charge is 0.308 e. The molecule has 0 radical (unpaired) electrons. The largest absolute Gasteiger partial charge is 0.481 e. The van der Waals surface area contributed by atoms with Gasteiger partial charge in [0.2, 0.25) is 5.91 Å². The van der Waals surface area contributed by atoms with Gasteiger partial charge in [0.25, 0.3) is 0 Å². The number of carboxylic acid groups (broad SMARTS) is 1. The zero-order chi connectivity index (χ0) is 13.8. The first-order chi connectivity index (χ1) is 9.06. The van der Waals surface area contributed by atoms with Crippen LogP contribution in [-0.2, 0) is 16.0 Å². The van der Waals surface area contributed by atoms with Crippen molar-refractivity contribution >= 4 is 27.8 Å². The molecule has 1 aliphatic heterocycles. The van der Waals surface area contributed by atoms with Gasteiger partial charge < -0.3 is 10.0 Å². The number of nitrogens with zero attached hydrogens (tertiary/aromatic N) is 1. The Hall–Kier alpha value is -1.36. The Morgan fingerprint density at radius 3 is 2.63 bits per heavy atom. The van der Waals surface area contributed by atoms with Crippen LogP contribution < -0.4 is 0 Å². The van der Waals surface area contributed by atoms with Gasteiger partial charge in [-0.05, 0) is 30.5 Å². The molecule has 4 nitrogen and oxygen atoms in total. The van der Waals surface area contributed by atoms with Gasteiger partial charge in [0.1, 0.15) is 0 Å². The summed E-state index contributed by atoms with van der Waals surface area (Å²) in [7, 11) is 0. The van der Waals surface area contributed by atoms with Gasteiger partial charge in [-0.3, -0.25) is 9.59 Å². The summed E-state index contributed by atoms with van der Waals surface area (Å²) in [5.74, 6) is -1.21. The molecule has 2 rings (SSSR count). The molecule has 1 N–H and O–H groups in total. The van der Waals surface area contributed by atoms with Gasteiger partial charge >= 0.3 is 5.97 Å². The summed E-state index contributed by atoms with van der Waals surface area (Å²) in [5, 5.41) is 9.01. The first kappa shape index (κ1) is 14.1. The topological polar surface area (TPSA) is 57.6 Å². The Labute approximate surface area is 120 Å². The van der Waals surface area contributed by atoms with Gasteiger partial charge in [0.05, 0.1) is 12.3 Å². The summed E-state index contributed by atoms with van der Waals surface area (Å²) in [6, 6.07) is 7.61. The van der Waals surface area contributed by atoms with Crippen molar-refractivity contribution in [3.63, 3.8) is 0 Å². The lowest BCUT2D eigenvalue weighted by Gasteiger charge is -2.30. The predicted molar refractivity (Wildman–Crippen MR) is 74.8 cm³/mol. The summed E-state index contributed by atoms with van der Waals surface area (Å²) >= 11 is 3.35. The van der Waals surface area contributed by atoms with E-state index in [2.05, 4.69) is 15.9 Å². The molecule has 102 valence electrons. The van der Waals surface area contributed by atoms with Crippen molar-refractivity contribution < 1.29 is 14.7 Å². The van der Waals surface area contributed by atoms with E-state index in [-0.39, 0.29) is 5.91 Å². The molecule has 1 fully saturated rings. The molecule has 1 atom stereocenters. The minimum Gasteiger partial charge on any atom is -0.481 e. The van der Waals surface area contributed by atoms with E-state index in [9.17, 15) is 9.59 Å². The molecule has 1 saturated heterocycles. The van der Waals surface area contributed by atoms with Crippen molar-refractivity contribution in [1.29, 1.82) is 0 Å². The lowest BCUT2D eigenvalue weighted by atomic mass is 9.97. The Balaban J connectivity index is 1.96. The average molecular weight is 326 g/mol. The highest BCUT2D eigenvalue weighted by atomic mass is 79.9. The van der Waals surface area contributed by atoms with Crippen LogP contribution in [0.5, 0.6) is 0 Å². The van der Waals surface area contributed by atoms with Crippen molar-refractivity contribution in [3.05, 3.63) is 34.3 Å². The molecule has 1 aliphatic rings. The average Bonchev–Trinajstić information content (AvgIpc) is 2.41. The number of rotatable bonds is 3. The Morgan fingerprint density at radius 1 is 1.32 bits per heavy atom. The molecular weight excluding hydrogens is 310 g/mol. The van der Waals surface area contributed by atoms with Crippen LogP contribution in [0.1, 0.15) is 18.4 Å².